The lowest BCUT2D eigenvalue weighted by Gasteiger charge is -2.07. The lowest BCUT2D eigenvalue weighted by molar-refractivity contribution is 0.662. The van der Waals surface area contributed by atoms with Gasteiger partial charge in [-0.1, -0.05) is 13.8 Å². The molecule has 0 aliphatic carbocycles. The van der Waals surface area contributed by atoms with Crippen molar-refractivity contribution >= 4 is 0 Å². The summed E-state index contributed by atoms with van der Waals surface area (Å²) in [4.78, 5) is 0. The van der Waals surface area contributed by atoms with E-state index in [2.05, 4.69) is 24.3 Å². The van der Waals surface area contributed by atoms with Crippen LogP contribution in [-0.2, 0) is 13.6 Å². The van der Waals surface area contributed by atoms with E-state index < -0.39 is 0 Å². The second-order valence-corrected chi connectivity index (χ2v) is 3.36. The van der Waals surface area contributed by atoms with E-state index >= 15 is 0 Å². The molecule has 0 saturated heterocycles. The van der Waals surface area contributed by atoms with Crippen LogP contribution in [0, 0.1) is 0 Å². The molecule has 0 fully saturated rings. The van der Waals surface area contributed by atoms with Crippen molar-refractivity contribution in [2.75, 3.05) is 7.05 Å². The third kappa shape index (κ3) is 1.67. The molecule has 0 atom stereocenters. The Bertz CT molecular complexity index is 250. The highest BCUT2D eigenvalue weighted by Gasteiger charge is 2.09. The monoisotopic (exact) mass is 167 g/mol. The van der Waals surface area contributed by atoms with E-state index in [4.69, 9.17) is 0 Å². The van der Waals surface area contributed by atoms with Crippen LogP contribution in [0.3, 0.4) is 0 Å². The van der Waals surface area contributed by atoms with Gasteiger partial charge in [-0.05, 0) is 18.5 Å². The normalized spacial score (nSPS) is 11.1. The lowest BCUT2D eigenvalue weighted by atomic mass is 10.0. The first-order valence-electron chi connectivity index (χ1n) is 4.32. The summed E-state index contributed by atoms with van der Waals surface area (Å²) in [5, 5.41) is 7.38. The Labute approximate surface area is 73.8 Å². The minimum Gasteiger partial charge on any atom is -0.314 e. The molecule has 1 aromatic rings. The summed E-state index contributed by atoms with van der Waals surface area (Å²) in [6.07, 6.45) is 1.96. The van der Waals surface area contributed by atoms with Crippen molar-refractivity contribution in [1.82, 2.24) is 15.1 Å². The highest BCUT2D eigenvalue weighted by atomic mass is 15.3. The van der Waals surface area contributed by atoms with E-state index in [0.29, 0.717) is 5.92 Å². The molecular weight excluding hydrogens is 150 g/mol. The first-order chi connectivity index (χ1) is 5.66. The maximum absolute atomic E-state index is 4.23. The molecule has 0 bridgehead atoms. The molecule has 1 N–H and O–H groups in total. The molecule has 3 nitrogen and oxygen atoms in total. The Kier molecular flexibility index (Phi) is 2.87. The summed E-state index contributed by atoms with van der Waals surface area (Å²) >= 11 is 0. The molecular formula is C9H17N3. The van der Waals surface area contributed by atoms with Gasteiger partial charge in [0.2, 0.25) is 0 Å². The fourth-order valence-electron chi connectivity index (χ4n) is 1.35. The van der Waals surface area contributed by atoms with E-state index in [1.165, 1.54) is 11.3 Å². The molecule has 0 spiro atoms. The van der Waals surface area contributed by atoms with Gasteiger partial charge in [0.15, 0.2) is 0 Å². The van der Waals surface area contributed by atoms with Crippen molar-refractivity contribution in [1.29, 1.82) is 0 Å². The van der Waals surface area contributed by atoms with Gasteiger partial charge in [-0.3, -0.25) is 4.68 Å². The molecule has 0 amide bonds. The van der Waals surface area contributed by atoms with Crippen LogP contribution in [0.2, 0.25) is 0 Å². The number of nitrogens with zero attached hydrogens (tertiary/aromatic N) is 2. The van der Waals surface area contributed by atoms with Crippen molar-refractivity contribution in [3.05, 3.63) is 17.5 Å². The molecule has 12 heavy (non-hydrogen) atoms. The van der Waals surface area contributed by atoms with Crippen LogP contribution in [0.4, 0.5) is 0 Å². The van der Waals surface area contributed by atoms with Crippen LogP contribution in [-0.4, -0.2) is 16.8 Å². The predicted molar refractivity (Wildman–Crippen MR) is 50.1 cm³/mol. The highest BCUT2D eigenvalue weighted by Crippen LogP contribution is 2.17. The van der Waals surface area contributed by atoms with Crippen molar-refractivity contribution < 1.29 is 0 Å². The van der Waals surface area contributed by atoms with Crippen LogP contribution < -0.4 is 5.32 Å². The van der Waals surface area contributed by atoms with Gasteiger partial charge in [-0.2, -0.15) is 5.10 Å². The van der Waals surface area contributed by atoms with E-state index in [1.807, 2.05) is 25.0 Å². The first-order valence-corrected chi connectivity index (χ1v) is 4.32. The number of aryl methyl sites for hydroxylation is 1. The molecule has 3 heteroatoms. The van der Waals surface area contributed by atoms with Crippen molar-refractivity contribution in [2.24, 2.45) is 7.05 Å². The fraction of sp³-hybridized carbons (Fsp3) is 0.667. The fourth-order valence-corrected chi connectivity index (χ4v) is 1.35. The number of hydrogen-bond donors (Lipinski definition) is 1. The largest absolute Gasteiger partial charge is 0.314 e. The van der Waals surface area contributed by atoms with Crippen LogP contribution in [0.5, 0.6) is 0 Å². The van der Waals surface area contributed by atoms with E-state index in [0.717, 1.165) is 6.54 Å². The summed E-state index contributed by atoms with van der Waals surface area (Å²) in [6.45, 7) is 5.27. The van der Waals surface area contributed by atoms with Gasteiger partial charge in [-0.25, -0.2) is 0 Å². The number of hydrogen-bond acceptors (Lipinski definition) is 2. The minimum absolute atomic E-state index is 0.557. The molecule has 0 saturated carbocycles. The summed E-state index contributed by atoms with van der Waals surface area (Å²) in [7, 11) is 3.94. The Balaban J connectivity index is 2.95. The van der Waals surface area contributed by atoms with Crippen molar-refractivity contribution in [2.45, 2.75) is 26.3 Å². The van der Waals surface area contributed by atoms with Crippen LogP contribution in [0.1, 0.15) is 31.0 Å². The highest BCUT2D eigenvalue weighted by molar-refractivity contribution is 5.20. The standard InChI is InChI=1S/C9H17N3/c1-7(2)8-5-11-12(4)9(8)6-10-3/h5,7,10H,6H2,1-4H3. The maximum atomic E-state index is 4.23. The van der Waals surface area contributed by atoms with E-state index in [-0.39, 0.29) is 0 Å². The molecule has 1 heterocycles. The quantitative estimate of drug-likeness (QED) is 0.734. The van der Waals surface area contributed by atoms with Gasteiger partial charge >= 0.3 is 0 Å². The van der Waals surface area contributed by atoms with Crippen LogP contribution >= 0.6 is 0 Å². The maximum Gasteiger partial charge on any atom is 0.0553 e. The molecule has 68 valence electrons. The summed E-state index contributed by atoms with van der Waals surface area (Å²) in [5.41, 5.74) is 2.62. The summed E-state index contributed by atoms with van der Waals surface area (Å²) in [5.74, 6) is 0.557. The SMILES string of the molecule is CNCc1c(C(C)C)cnn1C. The Morgan fingerprint density at radius 3 is 2.75 bits per heavy atom. The van der Waals surface area contributed by atoms with Gasteiger partial charge in [0.1, 0.15) is 0 Å². The zero-order valence-electron chi connectivity index (χ0n) is 8.26. The topological polar surface area (TPSA) is 29.9 Å². The summed E-state index contributed by atoms with van der Waals surface area (Å²) < 4.78 is 1.94. The first kappa shape index (κ1) is 9.26. The number of nitrogens with one attached hydrogen (secondary N) is 1. The summed E-state index contributed by atoms with van der Waals surface area (Å²) in [6, 6.07) is 0. The molecule has 0 unspecified atom stereocenters. The van der Waals surface area contributed by atoms with Crippen molar-refractivity contribution in [3.63, 3.8) is 0 Å². The molecule has 0 radical (unpaired) electrons. The smallest absolute Gasteiger partial charge is 0.0553 e. The zero-order valence-corrected chi connectivity index (χ0v) is 8.26. The second-order valence-electron chi connectivity index (χ2n) is 3.36. The molecule has 1 rings (SSSR count). The second kappa shape index (κ2) is 3.72. The number of rotatable bonds is 3. The van der Waals surface area contributed by atoms with Crippen LogP contribution in [0.15, 0.2) is 6.20 Å². The van der Waals surface area contributed by atoms with Gasteiger partial charge in [0.25, 0.3) is 0 Å². The molecule has 0 aromatic carbocycles. The number of aromatic nitrogens is 2. The minimum atomic E-state index is 0.557. The van der Waals surface area contributed by atoms with Gasteiger partial charge in [0, 0.05) is 13.6 Å². The Hall–Kier alpha value is -0.830. The Morgan fingerprint density at radius 1 is 1.58 bits per heavy atom. The van der Waals surface area contributed by atoms with Crippen molar-refractivity contribution in [3.8, 4) is 0 Å². The molecule has 0 aliphatic rings. The average Bonchev–Trinajstić information content (AvgIpc) is 2.34. The van der Waals surface area contributed by atoms with Gasteiger partial charge in [-0.15, -0.1) is 0 Å². The lowest BCUT2D eigenvalue weighted by Crippen LogP contribution is -2.12. The average molecular weight is 167 g/mol. The third-order valence-corrected chi connectivity index (χ3v) is 2.06. The zero-order chi connectivity index (χ0) is 9.14. The Morgan fingerprint density at radius 2 is 2.25 bits per heavy atom. The molecule has 1 aromatic heterocycles. The van der Waals surface area contributed by atoms with E-state index in [1.54, 1.807) is 0 Å². The van der Waals surface area contributed by atoms with E-state index in [9.17, 15) is 0 Å². The van der Waals surface area contributed by atoms with Gasteiger partial charge in [0.05, 0.1) is 11.9 Å². The predicted octanol–water partition coefficient (Wildman–Crippen LogP) is 1.26. The van der Waals surface area contributed by atoms with Gasteiger partial charge < -0.3 is 5.32 Å². The molecule has 0 aliphatic heterocycles. The van der Waals surface area contributed by atoms with Crippen LogP contribution in [0.25, 0.3) is 0 Å². The third-order valence-electron chi connectivity index (χ3n) is 2.06.